The highest BCUT2D eigenvalue weighted by molar-refractivity contribution is 5.78. The van der Waals surface area contributed by atoms with Crippen molar-refractivity contribution in [1.29, 1.82) is 5.41 Å². The maximum atomic E-state index is 13.3. The van der Waals surface area contributed by atoms with E-state index in [0.717, 1.165) is 12.8 Å². The highest BCUT2D eigenvalue weighted by Crippen LogP contribution is 2.09. The van der Waals surface area contributed by atoms with Crippen molar-refractivity contribution >= 4 is 5.84 Å². The molecular formula is C12H17FN2. The predicted octanol–water partition coefficient (Wildman–Crippen LogP) is 3.03. The molecule has 0 heterocycles. The van der Waals surface area contributed by atoms with Gasteiger partial charge in [0.15, 0.2) is 0 Å². The summed E-state index contributed by atoms with van der Waals surface area (Å²) in [6, 6.07) is 6.70. The first-order chi connectivity index (χ1) is 7.15. The van der Waals surface area contributed by atoms with Crippen LogP contribution in [0.1, 0.15) is 25.3 Å². The van der Waals surface area contributed by atoms with E-state index in [-0.39, 0.29) is 5.82 Å². The zero-order chi connectivity index (χ0) is 11.3. The normalized spacial score (nSPS) is 10.1. The molecule has 1 aromatic rings. The maximum Gasteiger partial charge on any atom is 0.128 e. The Kier molecular flexibility index (Phi) is 4.28. The Labute approximate surface area is 90.2 Å². The topological polar surface area (TPSA) is 27.1 Å². The van der Waals surface area contributed by atoms with Gasteiger partial charge in [-0.1, -0.05) is 25.1 Å². The first-order valence-electron chi connectivity index (χ1n) is 5.17. The van der Waals surface area contributed by atoms with Crippen LogP contribution in [0.15, 0.2) is 24.3 Å². The Balaban J connectivity index is 2.62. The Morgan fingerprint density at radius 1 is 1.40 bits per heavy atom. The van der Waals surface area contributed by atoms with Crippen molar-refractivity contribution in [2.24, 2.45) is 0 Å². The van der Waals surface area contributed by atoms with E-state index in [1.54, 1.807) is 17.0 Å². The van der Waals surface area contributed by atoms with Gasteiger partial charge in [-0.15, -0.1) is 0 Å². The van der Waals surface area contributed by atoms with Gasteiger partial charge in [-0.2, -0.15) is 0 Å². The molecule has 0 unspecified atom stereocenters. The molecule has 82 valence electrons. The Morgan fingerprint density at radius 3 is 2.67 bits per heavy atom. The molecule has 2 nitrogen and oxygen atoms in total. The van der Waals surface area contributed by atoms with Crippen LogP contribution < -0.4 is 0 Å². The average molecular weight is 208 g/mol. The fourth-order valence-electron chi connectivity index (χ4n) is 1.41. The van der Waals surface area contributed by atoms with E-state index in [9.17, 15) is 4.39 Å². The molecule has 1 aromatic carbocycles. The lowest BCUT2D eigenvalue weighted by Crippen LogP contribution is -2.25. The zero-order valence-corrected chi connectivity index (χ0v) is 9.26. The van der Waals surface area contributed by atoms with E-state index in [0.29, 0.717) is 17.9 Å². The van der Waals surface area contributed by atoms with Crippen molar-refractivity contribution in [1.82, 2.24) is 4.90 Å². The number of nitrogens with zero attached hydrogens (tertiary/aromatic N) is 1. The third-order valence-electron chi connectivity index (χ3n) is 2.31. The van der Waals surface area contributed by atoms with E-state index in [2.05, 4.69) is 0 Å². The molecule has 0 amide bonds. The predicted molar refractivity (Wildman–Crippen MR) is 60.5 cm³/mol. The molecule has 0 aliphatic heterocycles. The lowest BCUT2D eigenvalue weighted by molar-refractivity contribution is 0.466. The molecule has 1 rings (SSSR count). The van der Waals surface area contributed by atoms with Gasteiger partial charge >= 0.3 is 0 Å². The number of halogens is 1. The second-order valence-electron chi connectivity index (χ2n) is 3.64. The minimum absolute atomic E-state index is 0.200. The van der Waals surface area contributed by atoms with E-state index in [1.165, 1.54) is 6.07 Å². The third kappa shape index (κ3) is 3.35. The molecule has 0 spiro atoms. The molecule has 0 fully saturated rings. The highest BCUT2D eigenvalue weighted by Gasteiger charge is 2.07. The summed E-state index contributed by atoms with van der Waals surface area (Å²) >= 11 is 0. The van der Waals surface area contributed by atoms with Crippen LogP contribution in [0.2, 0.25) is 0 Å². The summed E-state index contributed by atoms with van der Waals surface area (Å²) in [6.45, 7) is 2.50. The van der Waals surface area contributed by atoms with Crippen molar-refractivity contribution in [3.63, 3.8) is 0 Å². The van der Waals surface area contributed by atoms with Crippen molar-refractivity contribution in [3.05, 3.63) is 35.6 Å². The molecule has 0 aromatic heterocycles. The minimum atomic E-state index is -0.200. The van der Waals surface area contributed by atoms with Crippen molar-refractivity contribution < 1.29 is 4.39 Å². The molecule has 1 N–H and O–H groups in total. The van der Waals surface area contributed by atoms with Gasteiger partial charge in [-0.3, -0.25) is 5.41 Å². The summed E-state index contributed by atoms with van der Waals surface area (Å²) in [5.41, 5.74) is 0.640. The fraction of sp³-hybridized carbons (Fsp3) is 0.417. The van der Waals surface area contributed by atoms with Crippen LogP contribution in [-0.2, 0) is 6.54 Å². The molecule has 0 saturated heterocycles. The first-order valence-corrected chi connectivity index (χ1v) is 5.17. The molecule has 0 aliphatic carbocycles. The maximum absolute atomic E-state index is 13.3. The standard InChI is InChI=1S/C12H17FN2/c1-3-6-12(14)15(2)9-10-7-4-5-8-11(10)13/h4-5,7-8,14H,3,6,9H2,1-2H3. The molecule has 3 heteroatoms. The summed E-state index contributed by atoms with van der Waals surface area (Å²) in [5, 5.41) is 7.72. The summed E-state index contributed by atoms with van der Waals surface area (Å²) in [7, 11) is 1.82. The monoisotopic (exact) mass is 208 g/mol. The van der Waals surface area contributed by atoms with Gasteiger partial charge in [0, 0.05) is 25.6 Å². The lowest BCUT2D eigenvalue weighted by Gasteiger charge is -2.19. The quantitative estimate of drug-likeness (QED) is 0.597. The molecule has 0 bridgehead atoms. The second kappa shape index (κ2) is 5.49. The van der Waals surface area contributed by atoms with E-state index >= 15 is 0 Å². The molecule has 0 radical (unpaired) electrons. The van der Waals surface area contributed by atoms with Gasteiger partial charge < -0.3 is 4.90 Å². The van der Waals surface area contributed by atoms with Gasteiger partial charge in [-0.25, -0.2) is 4.39 Å². The lowest BCUT2D eigenvalue weighted by atomic mass is 10.2. The molecule has 15 heavy (non-hydrogen) atoms. The van der Waals surface area contributed by atoms with E-state index < -0.39 is 0 Å². The average Bonchev–Trinajstić information content (AvgIpc) is 2.21. The smallest absolute Gasteiger partial charge is 0.128 e. The number of rotatable bonds is 4. The van der Waals surface area contributed by atoms with E-state index in [1.807, 2.05) is 20.0 Å². The largest absolute Gasteiger partial charge is 0.359 e. The van der Waals surface area contributed by atoms with Crippen molar-refractivity contribution in [2.75, 3.05) is 7.05 Å². The van der Waals surface area contributed by atoms with Gasteiger partial charge in [0.25, 0.3) is 0 Å². The van der Waals surface area contributed by atoms with Gasteiger partial charge in [0.2, 0.25) is 0 Å². The number of hydrogen-bond acceptors (Lipinski definition) is 1. The zero-order valence-electron chi connectivity index (χ0n) is 9.26. The Morgan fingerprint density at radius 2 is 2.07 bits per heavy atom. The minimum Gasteiger partial charge on any atom is -0.359 e. The van der Waals surface area contributed by atoms with Crippen LogP contribution >= 0.6 is 0 Å². The Bertz CT molecular complexity index is 336. The SMILES string of the molecule is CCCC(=N)N(C)Cc1ccccc1F. The number of benzene rings is 1. The summed E-state index contributed by atoms with van der Waals surface area (Å²) < 4.78 is 13.3. The number of nitrogens with one attached hydrogen (secondary N) is 1. The van der Waals surface area contributed by atoms with Crippen LogP contribution in [0.4, 0.5) is 4.39 Å². The Hall–Kier alpha value is -1.38. The van der Waals surface area contributed by atoms with Crippen LogP contribution in [0.25, 0.3) is 0 Å². The summed E-state index contributed by atoms with van der Waals surface area (Å²) in [5.74, 6) is 0.356. The van der Waals surface area contributed by atoms with Gasteiger partial charge in [-0.05, 0) is 12.5 Å². The molecule has 0 aliphatic rings. The van der Waals surface area contributed by atoms with Crippen LogP contribution in [0.5, 0.6) is 0 Å². The third-order valence-corrected chi connectivity index (χ3v) is 2.31. The fourth-order valence-corrected chi connectivity index (χ4v) is 1.41. The van der Waals surface area contributed by atoms with Crippen molar-refractivity contribution in [3.8, 4) is 0 Å². The number of hydrogen-bond donors (Lipinski definition) is 1. The summed E-state index contributed by atoms with van der Waals surface area (Å²) in [6.07, 6.45) is 1.69. The highest BCUT2D eigenvalue weighted by atomic mass is 19.1. The van der Waals surface area contributed by atoms with E-state index in [4.69, 9.17) is 5.41 Å². The first kappa shape index (κ1) is 11.7. The number of amidine groups is 1. The van der Waals surface area contributed by atoms with Gasteiger partial charge in [0.1, 0.15) is 5.82 Å². The van der Waals surface area contributed by atoms with Crippen LogP contribution in [-0.4, -0.2) is 17.8 Å². The molecule has 0 saturated carbocycles. The molecule has 0 atom stereocenters. The summed E-state index contributed by atoms with van der Waals surface area (Å²) in [4.78, 5) is 1.78. The van der Waals surface area contributed by atoms with Crippen LogP contribution in [0.3, 0.4) is 0 Å². The van der Waals surface area contributed by atoms with Gasteiger partial charge in [0.05, 0.1) is 5.84 Å². The molecular weight excluding hydrogens is 191 g/mol. The van der Waals surface area contributed by atoms with Crippen molar-refractivity contribution in [2.45, 2.75) is 26.3 Å². The second-order valence-corrected chi connectivity index (χ2v) is 3.64. The van der Waals surface area contributed by atoms with Crippen LogP contribution in [0, 0.1) is 11.2 Å².